The summed E-state index contributed by atoms with van der Waals surface area (Å²) in [6.07, 6.45) is 10.9. The lowest BCUT2D eigenvalue weighted by molar-refractivity contribution is -0.136. The van der Waals surface area contributed by atoms with Gasteiger partial charge >= 0.3 is 0 Å². The van der Waals surface area contributed by atoms with E-state index in [9.17, 15) is 29.1 Å². The molecular formula is C52H56N10O7S. The molecule has 0 bridgehead atoms. The number of anilines is 5. The van der Waals surface area contributed by atoms with E-state index in [1.807, 2.05) is 18.2 Å². The number of rotatable bonds is 10. The number of piperazine rings is 1. The Kier molecular flexibility index (Phi) is 11.2. The monoisotopic (exact) mass is 967 g/mol. The van der Waals surface area contributed by atoms with Crippen molar-refractivity contribution in [2.24, 2.45) is 0 Å². The highest BCUT2D eigenvalue weighted by molar-refractivity contribution is 7.14. The van der Waals surface area contributed by atoms with E-state index in [-0.39, 0.29) is 47.5 Å². The Morgan fingerprint density at radius 1 is 0.829 bits per heavy atom. The molecule has 17 nitrogen and oxygen atoms in total. The molecular weight excluding hydrogens is 909 g/mol. The average molecular weight is 968 g/mol. The third kappa shape index (κ3) is 8.14. The zero-order chi connectivity index (χ0) is 50.9. The number of aromatic nitrogens is 3. The van der Waals surface area contributed by atoms with Crippen molar-refractivity contribution >= 4 is 69.6 Å². The third-order valence-corrected chi connectivity index (χ3v) is 16.3. The summed E-state index contributed by atoms with van der Waals surface area (Å²) in [7, 11) is -2.79. The van der Waals surface area contributed by atoms with Gasteiger partial charge in [0.2, 0.25) is 17.7 Å². The zero-order valence-electron chi connectivity index (χ0n) is 42.1. The van der Waals surface area contributed by atoms with Gasteiger partial charge in [0.1, 0.15) is 23.4 Å². The van der Waals surface area contributed by atoms with Crippen molar-refractivity contribution in [1.82, 2.24) is 30.1 Å². The molecule has 362 valence electrons. The fraction of sp³-hybridized carbons (Fsp3) is 0.423. The number of methoxy groups -OCH3 is 1. The topological polar surface area (TPSA) is 194 Å². The summed E-state index contributed by atoms with van der Waals surface area (Å²) >= 11 is 1.59. The molecule has 6 aliphatic rings. The molecule has 3 N–H and O–H groups in total. The van der Waals surface area contributed by atoms with E-state index in [1.54, 1.807) is 59.8 Å². The summed E-state index contributed by atoms with van der Waals surface area (Å²) in [5.41, 5.74) is 6.66. The van der Waals surface area contributed by atoms with Crippen LogP contribution in [-0.2, 0) is 28.9 Å². The minimum absolute atomic E-state index is 0.0689. The molecule has 3 fully saturated rings. The molecule has 1 unspecified atom stereocenters. The predicted octanol–water partition coefficient (Wildman–Crippen LogP) is 6.07. The van der Waals surface area contributed by atoms with Crippen LogP contribution in [0.25, 0.3) is 11.1 Å². The highest BCUT2D eigenvalue weighted by Crippen LogP contribution is 2.42. The number of amides is 5. The Morgan fingerprint density at radius 3 is 2.41 bits per heavy atom. The average Bonchev–Trinajstić information content (AvgIpc) is 3.88. The lowest BCUT2D eigenvalue weighted by Gasteiger charge is -2.46. The first-order valence-electron chi connectivity index (χ1n) is 25.8. The van der Waals surface area contributed by atoms with Crippen molar-refractivity contribution in [3.05, 3.63) is 98.6 Å². The van der Waals surface area contributed by atoms with Crippen LogP contribution in [0.5, 0.6) is 5.88 Å². The van der Waals surface area contributed by atoms with Gasteiger partial charge in [-0.15, -0.1) is 11.3 Å². The first-order chi connectivity index (χ1) is 35.1. The van der Waals surface area contributed by atoms with Crippen LogP contribution in [0.1, 0.15) is 115 Å². The van der Waals surface area contributed by atoms with Crippen LogP contribution in [0.4, 0.5) is 28.7 Å². The number of hydrogen-bond donors (Lipinski definition) is 3. The second-order valence-corrected chi connectivity index (χ2v) is 20.2. The molecule has 0 saturated carbocycles. The van der Waals surface area contributed by atoms with Crippen LogP contribution in [0.15, 0.2) is 61.1 Å². The Balaban J connectivity index is 0.746. The number of nitrogens with zero attached hydrogens (tertiary/aromatic N) is 8. The molecule has 4 aromatic heterocycles. The van der Waals surface area contributed by atoms with Gasteiger partial charge in [-0.2, -0.15) is 0 Å². The Labute approximate surface area is 414 Å². The molecule has 1 aliphatic carbocycles. The number of piperidine rings is 2. The van der Waals surface area contributed by atoms with Crippen LogP contribution in [0.3, 0.4) is 0 Å². The number of carbonyl (C=O) groups excluding carboxylic acids is 5. The number of hydrogen-bond acceptors (Lipinski definition) is 15. The zero-order valence-corrected chi connectivity index (χ0v) is 39.9. The first kappa shape index (κ1) is 42.1. The summed E-state index contributed by atoms with van der Waals surface area (Å²) < 4.78 is 29.0. The van der Waals surface area contributed by atoms with Crippen LogP contribution in [0.2, 0.25) is 0 Å². The van der Waals surface area contributed by atoms with Crippen molar-refractivity contribution < 1.29 is 37.9 Å². The van der Waals surface area contributed by atoms with Crippen molar-refractivity contribution in [2.45, 2.75) is 95.9 Å². The highest BCUT2D eigenvalue weighted by Gasteiger charge is 2.45. The van der Waals surface area contributed by atoms with Crippen LogP contribution in [0, 0.1) is 0 Å². The molecule has 5 aliphatic heterocycles. The number of ether oxygens (including phenoxy) is 1. The number of fused-ring (bicyclic) bond motifs is 4. The van der Waals surface area contributed by atoms with E-state index >= 15 is 0 Å². The molecule has 70 heavy (non-hydrogen) atoms. The first-order valence-corrected chi connectivity index (χ1v) is 25.1. The second kappa shape index (κ2) is 18.5. The molecule has 11 rings (SSSR count). The quantitative estimate of drug-likeness (QED) is 0.137. The van der Waals surface area contributed by atoms with Crippen LogP contribution in [-0.4, -0.2) is 124 Å². The van der Waals surface area contributed by atoms with Gasteiger partial charge in [-0.1, -0.05) is 0 Å². The number of aliphatic hydroxyl groups excluding tert-OH is 1. The van der Waals surface area contributed by atoms with E-state index in [0.717, 1.165) is 98.0 Å². The van der Waals surface area contributed by atoms with Gasteiger partial charge in [-0.25, -0.2) is 15.0 Å². The van der Waals surface area contributed by atoms with Gasteiger partial charge in [-0.05, 0) is 124 Å². The molecule has 1 aromatic carbocycles. The largest absolute Gasteiger partial charge is 0.480 e. The summed E-state index contributed by atoms with van der Waals surface area (Å²) in [6, 6.07) is 12.1. The van der Waals surface area contributed by atoms with Gasteiger partial charge < -0.3 is 25.0 Å². The van der Waals surface area contributed by atoms with Gasteiger partial charge in [0.05, 0.1) is 45.1 Å². The number of carbonyl (C=O) groups is 5. The standard InChI is InChI=1S/C52H56N10O7S/c1-29-28-59(32-15-19-58(20-16-32)33-8-10-38-39(25-33)51(67)62(50(38)66)41-11-13-44(64)57-48(41)65)22-23-60(29)34-9-12-43(54-27-34)56-40-24-31(26-55-49(40)69-3)35-14-18-53-47(45(35)30(2)63)61-21-17-37-36-6-4-5-7-42(36)70-46(37)52(61)68/h8-10,12,14,18,24-27,29-30,32,41,63H,4-7,11,13,15-17,19-23,28H2,1-3H3,(H,54,56)(H,57,64,65)/t29-,30-,41?/m0/s1/i3D3. The maximum atomic E-state index is 14.1. The number of nitrogens with one attached hydrogen (secondary N) is 2. The molecule has 3 saturated heterocycles. The van der Waals surface area contributed by atoms with Gasteiger partial charge in [0.25, 0.3) is 17.7 Å². The van der Waals surface area contributed by atoms with E-state index in [2.05, 4.69) is 42.2 Å². The number of imide groups is 2. The van der Waals surface area contributed by atoms with Crippen LogP contribution >= 0.6 is 11.3 Å². The molecule has 9 heterocycles. The minimum atomic E-state index is -2.79. The SMILES string of the molecule is [2H]C([2H])([2H])Oc1ncc(-c2ccnc(N3CCc4c(sc5c4CCCC5)C3=O)c2[C@H](C)O)cc1Nc1ccc(N2CCN(C3CCN(c4ccc5c(c4)C(=O)N(C4CCC(=O)NC4=O)C5=O)CC3)C[C@@H]2C)cn1. The molecule has 5 amide bonds. The lowest BCUT2D eigenvalue weighted by Crippen LogP contribution is -2.57. The van der Waals surface area contributed by atoms with Crippen molar-refractivity contribution in [1.29, 1.82) is 0 Å². The fourth-order valence-electron chi connectivity index (χ4n) is 11.4. The van der Waals surface area contributed by atoms with Gasteiger partial charge in [0, 0.05) is 91.9 Å². The Hall–Kier alpha value is -6.76. The van der Waals surface area contributed by atoms with E-state index < -0.39 is 42.8 Å². The number of pyridine rings is 3. The molecule has 0 radical (unpaired) electrons. The maximum absolute atomic E-state index is 14.1. The Morgan fingerprint density at radius 2 is 1.64 bits per heavy atom. The fourth-order valence-corrected chi connectivity index (χ4v) is 12.8. The lowest BCUT2D eigenvalue weighted by atomic mass is 9.91. The number of thiophene rings is 1. The summed E-state index contributed by atoms with van der Waals surface area (Å²) in [6.45, 7) is 8.29. The predicted molar refractivity (Wildman–Crippen MR) is 265 cm³/mol. The summed E-state index contributed by atoms with van der Waals surface area (Å²) in [5.74, 6) is -1.53. The second-order valence-electron chi connectivity index (χ2n) is 19.1. The van der Waals surface area contributed by atoms with Crippen LogP contribution < -0.4 is 30.1 Å². The summed E-state index contributed by atoms with van der Waals surface area (Å²) in [5, 5.41) is 16.8. The number of benzene rings is 1. The summed E-state index contributed by atoms with van der Waals surface area (Å²) in [4.78, 5) is 90.8. The van der Waals surface area contributed by atoms with Gasteiger partial charge in [-0.3, -0.25) is 44.0 Å². The maximum Gasteiger partial charge on any atom is 0.269 e. The smallest absolute Gasteiger partial charge is 0.269 e. The van der Waals surface area contributed by atoms with E-state index in [4.69, 9.17) is 13.8 Å². The van der Waals surface area contributed by atoms with E-state index in [0.29, 0.717) is 47.3 Å². The minimum Gasteiger partial charge on any atom is -0.480 e. The van der Waals surface area contributed by atoms with E-state index in [1.165, 1.54) is 16.6 Å². The number of aryl methyl sites for hydroxylation is 1. The van der Waals surface area contributed by atoms with Crippen molar-refractivity contribution in [3.8, 4) is 17.0 Å². The van der Waals surface area contributed by atoms with Crippen molar-refractivity contribution in [2.75, 3.05) is 66.3 Å². The molecule has 18 heteroatoms. The molecule has 0 spiro atoms. The number of aliphatic hydroxyl groups is 1. The van der Waals surface area contributed by atoms with Crippen molar-refractivity contribution in [3.63, 3.8) is 0 Å². The highest BCUT2D eigenvalue weighted by atomic mass is 32.1. The molecule has 3 atom stereocenters. The third-order valence-electron chi connectivity index (χ3n) is 15.0. The Bertz CT molecular complexity index is 3050. The van der Waals surface area contributed by atoms with Gasteiger partial charge in [0.15, 0.2) is 0 Å². The normalized spacial score (nSPS) is 22.2. The molecule has 5 aromatic rings.